The Morgan fingerprint density at radius 2 is 2.26 bits per heavy atom. The minimum Gasteiger partial charge on any atom is -0.356 e. The molecule has 2 N–H and O–H groups in total. The van der Waals surface area contributed by atoms with Crippen molar-refractivity contribution in [1.29, 1.82) is 0 Å². The minimum atomic E-state index is 0.611. The fraction of sp³-hybridized carbons (Fsp3) is 0.714. The molecule has 0 atom stereocenters. The van der Waals surface area contributed by atoms with E-state index in [-0.39, 0.29) is 0 Å². The molecule has 19 heavy (non-hydrogen) atoms. The van der Waals surface area contributed by atoms with Gasteiger partial charge < -0.3 is 10.6 Å². The first kappa shape index (κ1) is 13.9. The maximum atomic E-state index is 4.28. The number of aryl methyl sites for hydroxylation is 2. The predicted molar refractivity (Wildman–Crippen MR) is 78.3 cm³/mol. The van der Waals surface area contributed by atoms with E-state index in [1.807, 2.05) is 17.9 Å². The number of hydrogen-bond donors (Lipinski definition) is 2. The quantitative estimate of drug-likeness (QED) is 0.483. The Kier molecular flexibility index (Phi) is 5.24. The van der Waals surface area contributed by atoms with Crippen LogP contribution in [0.15, 0.2) is 17.4 Å². The minimum absolute atomic E-state index is 0.611. The molecule has 0 saturated heterocycles. The first-order valence-corrected chi connectivity index (χ1v) is 7.24. The van der Waals surface area contributed by atoms with Crippen LogP contribution in [-0.4, -0.2) is 35.4 Å². The van der Waals surface area contributed by atoms with Gasteiger partial charge in [-0.15, -0.1) is 0 Å². The van der Waals surface area contributed by atoms with E-state index in [9.17, 15) is 0 Å². The van der Waals surface area contributed by atoms with E-state index in [0.717, 1.165) is 25.5 Å². The summed E-state index contributed by atoms with van der Waals surface area (Å²) < 4.78 is 1.99. The van der Waals surface area contributed by atoms with E-state index in [1.54, 1.807) is 0 Å². The van der Waals surface area contributed by atoms with Crippen LogP contribution in [0.4, 0.5) is 0 Å². The molecule has 0 amide bonds. The monoisotopic (exact) mass is 263 g/mol. The van der Waals surface area contributed by atoms with Crippen LogP contribution >= 0.6 is 0 Å². The third-order valence-electron chi connectivity index (χ3n) is 3.54. The molecule has 5 nitrogen and oxygen atoms in total. The summed E-state index contributed by atoms with van der Waals surface area (Å²) in [5.41, 5.74) is 1.21. The lowest BCUT2D eigenvalue weighted by molar-refractivity contribution is 0.562. The Morgan fingerprint density at radius 3 is 2.89 bits per heavy atom. The molecule has 1 saturated carbocycles. The second-order valence-electron chi connectivity index (χ2n) is 5.26. The number of nitrogens with zero attached hydrogens (tertiary/aromatic N) is 3. The molecule has 1 aliphatic rings. The van der Waals surface area contributed by atoms with Crippen LogP contribution in [0, 0.1) is 6.92 Å². The number of hydrogen-bond acceptors (Lipinski definition) is 2. The molecule has 0 unspecified atom stereocenters. The molecular formula is C14H25N5. The smallest absolute Gasteiger partial charge is 0.191 e. The van der Waals surface area contributed by atoms with Gasteiger partial charge in [-0.2, -0.15) is 5.10 Å². The van der Waals surface area contributed by atoms with Crippen molar-refractivity contribution in [3.05, 3.63) is 18.0 Å². The van der Waals surface area contributed by atoms with E-state index < -0.39 is 0 Å². The summed E-state index contributed by atoms with van der Waals surface area (Å²) in [5.74, 6) is 0.934. The molecule has 5 heteroatoms. The Labute approximate surface area is 115 Å². The van der Waals surface area contributed by atoms with Gasteiger partial charge in [0, 0.05) is 32.4 Å². The van der Waals surface area contributed by atoms with Crippen LogP contribution in [-0.2, 0) is 6.54 Å². The van der Waals surface area contributed by atoms with E-state index in [4.69, 9.17) is 0 Å². The third kappa shape index (κ3) is 4.58. The molecule has 1 aromatic heterocycles. The van der Waals surface area contributed by atoms with Crippen molar-refractivity contribution < 1.29 is 0 Å². The van der Waals surface area contributed by atoms with Crippen molar-refractivity contribution in [2.75, 3.05) is 13.6 Å². The zero-order valence-corrected chi connectivity index (χ0v) is 12.0. The third-order valence-corrected chi connectivity index (χ3v) is 3.54. The summed E-state index contributed by atoms with van der Waals surface area (Å²) in [6.45, 7) is 3.93. The van der Waals surface area contributed by atoms with Crippen molar-refractivity contribution in [2.45, 2.75) is 51.6 Å². The molecule has 1 heterocycles. The summed E-state index contributed by atoms with van der Waals surface area (Å²) >= 11 is 0. The van der Waals surface area contributed by atoms with E-state index >= 15 is 0 Å². The molecule has 0 bridgehead atoms. The van der Waals surface area contributed by atoms with Crippen LogP contribution < -0.4 is 10.6 Å². The molecular weight excluding hydrogens is 238 g/mol. The molecule has 0 aromatic carbocycles. The first-order chi connectivity index (χ1) is 9.28. The molecule has 0 aliphatic heterocycles. The van der Waals surface area contributed by atoms with Crippen molar-refractivity contribution in [3.8, 4) is 0 Å². The lowest BCUT2D eigenvalue weighted by Crippen LogP contribution is -2.42. The van der Waals surface area contributed by atoms with Crippen molar-refractivity contribution in [1.82, 2.24) is 20.4 Å². The van der Waals surface area contributed by atoms with Gasteiger partial charge in [-0.05, 0) is 31.7 Å². The highest BCUT2D eigenvalue weighted by Crippen LogP contribution is 2.17. The maximum absolute atomic E-state index is 4.28. The average Bonchev–Trinajstić information content (AvgIpc) is 3.05. The van der Waals surface area contributed by atoms with E-state index in [0.29, 0.717) is 6.04 Å². The van der Waals surface area contributed by atoms with Crippen LogP contribution in [0.2, 0.25) is 0 Å². The molecule has 0 spiro atoms. The molecule has 1 fully saturated rings. The number of guanidine groups is 1. The zero-order chi connectivity index (χ0) is 13.5. The summed E-state index contributed by atoms with van der Waals surface area (Å²) in [7, 11) is 1.83. The number of nitrogens with one attached hydrogen (secondary N) is 2. The fourth-order valence-electron chi connectivity index (χ4n) is 2.50. The Morgan fingerprint density at radius 1 is 1.47 bits per heavy atom. The summed E-state index contributed by atoms with van der Waals surface area (Å²) in [5, 5.41) is 11.1. The Balaban J connectivity index is 1.63. The van der Waals surface area contributed by atoms with Gasteiger partial charge in [0.1, 0.15) is 0 Å². The molecule has 1 aliphatic carbocycles. The SMILES string of the molecule is CN=C(NCCCn1cc(C)cn1)NC1CCCC1. The van der Waals surface area contributed by atoms with E-state index in [1.165, 1.54) is 31.2 Å². The molecule has 2 rings (SSSR count). The maximum Gasteiger partial charge on any atom is 0.191 e. The zero-order valence-electron chi connectivity index (χ0n) is 12.0. The van der Waals surface area contributed by atoms with Gasteiger partial charge >= 0.3 is 0 Å². The Hall–Kier alpha value is -1.52. The number of rotatable bonds is 5. The topological polar surface area (TPSA) is 54.2 Å². The van der Waals surface area contributed by atoms with Gasteiger partial charge in [-0.3, -0.25) is 9.67 Å². The van der Waals surface area contributed by atoms with Gasteiger partial charge in [0.25, 0.3) is 0 Å². The van der Waals surface area contributed by atoms with Crippen molar-refractivity contribution in [3.63, 3.8) is 0 Å². The highest BCUT2D eigenvalue weighted by molar-refractivity contribution is 5.79. The van der Waals surface area contributed by atoms with Crippen LogP contribution in [0.5, 0.6) is 0 Å². The first-order valence-electron chi connectivity index (χ1n) is 7.24. The second-order valence-corrected chi connectivity index (χ2v) is 5.26. The number of aromatic nitrogens is 2. The van der Waals surface area contributed by atoms with Gasteiger partial charge in [0.05, 0.1) is 6.20 Å². The highest BCUT2D eigenvalue weighted by atomic mass is 15.3. The fourth-order valence-corrected chi connectivity index (χ4v) is 2.50. The summed E-state index contributed by atoms with van der Waals surface area (Å²) in [4.78, 5) is 4.27. The van der Waals surface area contributed by atoms with Crippen molar-refractivity contribution in [2.24, 2.45) is 4.99 Å². The summed E-state index contributed by atoms with van der Waals surface area (Å²) in [6.07, 6.45) is 10.2. The predicted octanol–water partition coefficient (Wildman–Crippen LogP) is 1.69. The van der Waals surface area contributed by atoms with Gasteiger partial charge in [0.2, 0.25) is 0 Å². The van der Waals surface area contributed by atoms with E-state index in [2.05, 4.69) is 33.8 Å². The molecule has 106 valence electrons. The second kappa shape index (κ2) is 7.16. The molecule has 1 aromatic rings. The summed E-state index contributed by atoms with van der Waals surface area (Å²) in [6, 6.07) is 0.611. The standard InChI is InChI=1S/C14H25N5/c1-12-10-17-19(11-12)9-5-8-16-14(15-2)18-13-6-3-4-7-13/h10-11,13H,3-9H2,1-2H3,(H2,15,16,18). The largest absolute Gasteiger partial charge is 0.356 e. The lowest BCUT2D eigenvalue weighted by Gasteiger charge is -2.16. The molecule has 0 radical (unpaired) electrons. The van der Waals surface area contributed by atoms with Crippen LogP contribution in [0.25, 0.3) is 0 Å². The van der Waals surface area contributed by atoms with Crippen LogP contribution in [0.1, 0.15) is 37.7 Å². The van der Waals surface area contributed by atoms with Gasteiger partial charge in [-0.1, -0.05) is 12.8 Å². The highest BCUT2D eigenvalue weighted by Gasteiger charge is 2.15. The normalized spacial score (nSPS) is 16.8. The average molecular weight is 263 g/mol. The Bertz CT molecular complexity index is 404. The number of aliphatic imine (C=N–C) groups is 1. The van der Waals surface area contributed by atoms with Crippen LogP contribution in [0.3, 0.4) is 0 Å². The lowest BCUT2D eigenvalue weighted by atomic mass is 10.2. The van der Waals surface area contributed by atoms with Gasteiger partial charge in [0.15, 0.2) is 5.96 Å². The van der Waals surface area contributed by atoms with Gasteiger partial charge in [-0.25, -0.2) is 0 Å². The van der Waals surface area contributed by atoms with Crippen molar-refractivity contribution >= 4 is 5.96 Å².